The van der Waals surface area contributed by atoms with Gasteiger partial charge in [0.05, 0.1) is 19.1 Å². The Bertz CT molecular complexity index is 481. The van der Waals surface area contributed by atoms with E-state index in [1.165, 1.54) is 24.0 Å². The molecule has 1 N–H and O–H groups in total. The van der Waals surface area contributed by atoms with Crippen molar-refractivity contribution in [1.29, 1.82) is 0 Å². The zero-order valence-corrected chi connectivity index (χ0v) is 11.8. The van der Waals surface area contributed by atoms with Gasteiger partial charge in [-0.2, -0.15) is 0 Å². The second-order valence-corrected chi connectivity index (χ2v) is 5.98. The van der Waals surface area contributed by atoms with Crippen molar-refractivity contribution in [2.75, 3.05) is 20.3 Å². The van der Waals surface area contributed by atoms with Crippen LogP contribution >= 0.6 is 0 Å². The summed E-state index contributed by atoms with van der Waals surface area (Å²) in [5, 5.41) is 9.20. The van der Waals surface area contributed by atoms with Crippen molar-refractivity contribution in [1.82, 2.24) is 4.90 Å². The molecule has 1 aromatic rings. The highest BCUT2D eigenvalue weighted by Gasteiger charge is 2.36. The lowest BCUT2D eigenvalue weighted by Crippen LogP contribution is -2.40. The van der Waals surface area contributed by atoms with E-state index in [4.69, 9.17) is 4.74 Å². The molecule has 1 aliphatic carbocycles. The number of aliphatic carboxylic acids is 1. The summed E-state index contributed by atoms with van der Waals surface area (Å²) in [7, 11) is 1.98. The molecule has 0 spiro atoms. The Morgan fingerprint density at radius 2 is 2.00 bits per heavy atom. The molecule has 0 aromatic heterocycles. The largest absolute Gasteiger partial charge is 0.481 e. The van der Waals surface area contributed by atoms with Gasteiger partial charge in [-0.05, 0) is 36.9 Å². The van der Waals surface area contributed by atoms with E-state index in [0.717, 1.165) is 12.5 Å². The third-order valence-electron chi connectivity index (χ3n) is 4.39. The van der Waals surface area contributed by atoms with Gasteiger partial charge in [-0.1, -0.05) is 24.3 Å². The minimum atomic E-state index is -0.761. The van der Waals surface area contributed by atoms with Crippen LogP contribution in [0.5, 0.6) is 0 Å². The van der Waals surface area contributed by atoms with E-state index in [-0.39, 0.29) is 6.04 Å². The summed E-state index contributed by atoms with van der Waals surface area (Å²) in [4.78, 5) is 13.3. The van der Waals surface area contributed by atoms with Gasteiger partial charge in [0, 0.05) is 12.6 Å². The molecular formula is C16H21NO3. The van der Waals surface area contributed by atoms with E-state index in [2.05, 4.69) is 29.2 Å². The zero-order valence-electron chi connectivity index (χ0n) is 11.8. The Morgan fingerprint density at radius 1 is 1.30 bits per heavy atom. The maximum Gasteiger partial charge on any atom is 0.310 e. The van der Waals surface area contributed by atoms with Gasteiger partial charge >= 0.3 is 5.97 Å². The molecule has 1 heterocycles. The Hall–Kier alpha value is -1.39. The van der Waals surface area contributed by atoms with E-state index in [0.29, 0.717) is 13.2 Å². The highest BCUT2D eigenvalue weighted by atomic mass is 16.5. The number of benzene rings is 1. The third-order valence-corrected chi connectivity index (χ3v) is 4.39. The van der Waals surface area contributed by atoms with Gasteiger partial charge in [-0.25, -0.2) is 0 Å². The van der Waals surface area contributed by atoms with Crippen LogP contribution in [0.2, 0.25) is 0 Å². The van der Waals surface area contributed by atoms with Gasteiger partial charge in [-0.3, -0.25) is 9.69 Å². The number of nitrogens with zero attached hydrogens (tertiary/aromatic N) is 1. The van der Waals surface area contributed by atoms with Gasteiger partial charge in [0.25, 0.3) is 0 Å². The number of carboxylic acids is 1. The smallest absolute Gasteiger partial charge is 0.310 e. The van der Waals surface area contributed by atoms with Crippen LogP contribution in [0.25, 0.3) is 0 Å². The minimum absolute atomic E-state index is 0.0318. The minimum Gasteiger partial charge on any atom is -0.481 e. The second kappa shape index (κ2) is 5.54. The summed E-state index contributed by atoms with van der Waals surface area (Å²) in [6, 6.07) is 8.71. The maximum absolute atomic E-state index is 11.2. The fourth-order valence-electron chi connectivity index (χ4n) is 2.93. The highest BCUT2D eigenvalue weighted by molar-refractivity contribution is 5.71. The first kappa shape index (κ1) is 13.6. The number of rotatable bonds is 5. The fourth-order valence-corrected chi connectivity index (χ4v) is 2.93. The van der Waals surface area contributed by atoms with E-state index in [9.17, 15) is 9.90 Å². The van der Waals surface area contributed by atoms with Gasteiger partial charge in [-0.15, -0.1) is 0 Å². The third kappa shape index (κ3) is 2.86. The van der Waals surface area contributed by atoms with Gasteiger partial charge in [0.2, 0.25) is 0 Å². The first-order valence-electron chi connectivity index (χ1n) is 7.25. The van der Waals surface area contributed by atoms with Crippen molar-refractivity contribution in [3.05, 3.63) is 35.4 Å². The lowest BCUT2D eigenvalue weighted by molar-refractivity contribution is -0.143. The van der Waals surface area contributed by atoms with E-state index >= 15 is 0 Å². The molecule has 4 heteroatoms. The monoisotopic (exact) mass is 275 g/mol. The molecule has 1 aromatic carbocycles. The summed E-state index contributed by atoms with van der Waals surface area (Å²) in [6.07, 6.45) is 2.64. The Kier molecular flexibility index (Phi) is 3.76. The quantitative estimate of drug-likeness (QED) is 0.894. The number of carbonyl (C=O) groups is 1. The summed E-state index contributed by atoms with van der Waals surface area (Å²) >= 11 is 0. The van der Waals surface area contributed by atoms with Crippen molar-refractivity contribution in [3.63, 3.8) is 0 Å². The molecule has 2 unspecified atom stereocenters. The van der Waals surface area contributed by atoms with Crippen molar-refractivity contribution in [2.45, 2.75) is 31.3 Å². The molecule has 1 aliphatic heterocycles. The predicted molar refractivity (Wildman–Crippen MR) is 75.6 cm³/mol. The predicted octanol–water partition coefficient (Wildman–Crippen LogP) is 2.10. The molecule has 108 valence electrons. The van der Waals surface area contributed by atoms with Crippen LogP contribution in [0, 0.1) is 5.92 Å². The van der Waals surface area contributed by atoms with Crippen LogP contribution < -0.4 is 0 Å². The first-order chi connectivity index (χ1) is 9.65. The maximum atomic E-state index is 11.2. The topological polar surface area (TPSA) is 49.8 Å². The molecule has 1 saturated heterocycles. The molecule has 0 amide bonds. The number of ether oxygens (including phenoxy) is 1. The van der Waals surface area contributed by atoms with Gasteiger partial charge in [0.15, 0.2) is 0 Å². The second-order valence-electron chi connectivity index (χ2n) is 5.98. The van der Waals surface area contributed by atoms with Crippen LogP contribution in [-0.2, 0) is 16.1 Å². The normalized spacial score (nSPS) is 26.1. The first-order valence-corrected chi connectivity index (χ1v) is 7.25. The molecule has 0 bridgehead atoms. The van der Waals surface area contributed by atoms with Crippen LogP contribution in [0.1, 0.15) is 29.9 Å². The van der Waals surface area contributed by atoms with Crippen molar-refractivity contribution in [3.8, 4) is 0 Å². The summed E-state index contributed by atoms with van der Waals surface area (Å²) in [6.45, 7) is 1.60. The summed E-state index contributed by atoms with van der Waals surface area (Å²) in [5.74, 6) is -0.393. The Balaban J connectivity index is 1.62. The SMILES string of the molecule is CN(Cc1ccc(C2CC2)cc1)C1COCC1C(=O)O. The molecule has 2 fully saturated rings. The molecular weight excluding hydrogens is 254 g/mol. The lowest BCUT2D eigenvalue weighted by Gasteiger charge is -2.26. The van der Waals surface area contributed by atoms with Crippen molar-refractivity contribution in [2.24, 2.45) is 5.92 Å². The van der Waals surface area contributed by atoms with E-state index in [1.807, 2.05) is 7.05 Å². The molecule has 4 nitrogen and oxygen atoms in total. The molecule has 20 heavy (non-hydrogen) atoms. The van der Waals surface area contributed by atoms with E-state index in [1.54, 1.807) is 0 Å². The van der Waals surface area contributed by atoms with Crippen LogP contribution in [0.4, 0.5) is 0 Å². The number of carboxylic acid groups (broad SMARTS) is 1. The molecule has 1 saturated carbocycles. The van der Waals surface area contributed by atoms with Gasteiger partial charge in [0.1, 0.15) is 0 Å². The average molecular weight is 275 g/mol. The van der Waals surface area contributed by atoms with Crippen molar-refractivity contribution >= 4 is 5.97 Å². The van der Waals surface area contributed by atoms with E-state index < -0.39 is 11.9 Å². The van der Waals surface area contributed by atoms with Gasteiger partial charge < -0.3 is 9.84 Å². The Morgan fingerprint density at radius 3 is 2.60 bits per heavy atom. The number of hydrogen-bond donors (Lipinski definition) is 1. The molecule has 2 atom stereocenters. The standard InChI is InChI=1S/C16H21NO3/c1-17(15-10-20-9-14(15)16(18)19)8-11-2-4-12(5-3-11)13-6-7-13/h2-5,13-15H,6-10H2,1H3,(H,18,19). The van der Waals surface area contributed by atoms with Crippen molar-refractivity contribution < 1.29 is 14.6 Å². The summed E-state index contributed by atoms with van der Waals surface area (Å²) < 4.78 is 5.33. The molecule has 0 radical (unpaired) electrons. The molecule has 2 aliphatic rings. The fraction of sp³-hybridized carbons (Fsp3) is 0.562. The van der Waals surface area contributed by atoms with Crippen LogP contribution in [-0.4, -0.2) is 42.3 Å². The lowest BCUT2D eigenvalue weighted by atomic mass is 10.0. The number of likely N-dealkylation sites (N-methyl/N-ethyl adjacent to an activating group) is 1. The van der Waals surface area contributed by atoms with Crippen LogP contribution in [0.15, 0.2) is 24.3 Å². The van der Waals surface area contributed by atoms with Crippen LogP contribution in [0.3, 0.4) is 0 Å². The molecule has 3 rings (SSSR count). The average Bonchev–Trinajstić information content (AvgIpc) is 3.15. The highest BCUT2D eigenvalue weighted by Crippen LogP contribution is 2.39. The summed E-state index contributed by atoms with van der Waals surface area (Å²) in [5.41, 5.74) is 2.66. The Labute approximate surface area is 119 Å². The number of hydrogen-bond acceptors (Lipinski definition) is 3. The zero-order chi connectivity index (χ0) is 14.1.